The molecule has 2 aromatic carbocycles. The van der Waals surface area contributed by atoms with Gasteiger partial charge in [-0.3, -0.25) is 4.79 Å². The Balaban J connectivity index is 1.59. The first kappa shape index (κ1) is 21.9. The molecule has 0 aliphatic heterocycles. The lowest BCUT2D eigenvalue weighted by Gasteiger charge is -2.12. The van der Waals surface area contributed by atoms with Crippen molar-refractivity contribution in [1.82, 2.24) is 14.9 Å². The Hall–Kier alpha value is -2.82. The highest BCUT2D eigenvalue weighted by Crippen LogP contribution is 2.19. The van der Waals surface area contributed by atoms with E-state index in [1.165, 1.54) is 11.1 Å². The van der Waals surface area contributed by atoms with E-state index in [1.807, 2.05) is 19.9 Å². The van der Waals surface area contributed by atoms with Gasteiger partial charge >= 0.3 is 0 Å². The fourth-order valence-corrected chi connectivity index (χ4v) is 3.66. The van der Waals surface area contributed by atoms with Crippen molar-refractivity contribution in [2.24, 2.45) is 5.92 Å². The maximum absolute atomic E-state index is 11.7. The minimum absolute atomic E-state index is 0.0202. The minimum atomic E-state index is 0.0202. The van der Waals surface area contributed by atoms with Crippen molar-refractivity contribution >= 4 is 16.9 Å². The fourth-order valence-electron chi connectivity index (χ4n) is 3.66. The van der Waals surface area contributed by atoms with Crippen LogP contribution in [-0.4, -0.2) is 28.6 Å². The number of aromatic nitrogens is 2. The molecule has 3 aromatic rings. The summed E-state index contributed by atoms with van der Waals surface area (Å²) in [5.41, 5.74) is 4.62. The van der Waals surface area contributed by atoms with Crippen LogP contribution in [0.15, 0.2) is 42.5 Å². The molecule has 1 heterocycles. The molecule has 160 valence electrons. The van der Waals surface area contributed by atoms with Gasteiger partial charge in [-0.1, -0.05) is 32.0 Å². The molecule has 0 aliphatic rings. The van der Waals surface area contributed by atoms with E-state index in [1.54, 1.807) is 0 Å². The summed E-state index contributed by atoms with van der Waals surface area (Å²) < 4.78 is 8.28. The molecule has 3 rings (SSSR count). The van der Waals surface area contributed by atoms with Crippen LogP contribution in [0.4, 0.5) is 0 Å². The second-order valence-corrected chi connectivity index (χ2v) is 8.24. The van der Waals surface area contributed by atoms with Crippen molar-refractivity contribution < 1.29 is 9.53 Å². The molecule has 0 bridgehead atoms. The van der Waals surface area contributed by atoms with Crippen molar-refractivity contribution in [2.45, 2.75) is 53.5 Å². The van der Waals surface area contributed by atoms with Gasteiger partial charge in [0, 0.05) is 25.4 Å². The van der Waals surface area contributed by atoms with Crippen LogP contribution >= 0.6 is 0 Å². The first-order valence-electron chi connectivity index (χ1n) is 10.9. The summed E-state index contributed by atoms with van der Waals surface area (Å²) in [4.78, 5) is 16.6. The molecule has 30 heavy (non-hydrogen) atoms. The summed E-state index contributed by atoms with van der Waals surface area (Å²) in [6, 6.07) is 14.6. The number of fused-ring (bicyclic) bond motifs is 1. The van der Waals surface area contributed by atoms with Crippen LogP contribution in [0.5, 0.6) is 5.75 Å². The predicted molar refractivity (Wildman–Crippen MR) is 122 cm³/mol. The van der Waals surface area contributed by atoms with E-state index >= 15 is 0 Å². The summed E-state index contributed by atoms with van der Waals surface area (Å²) in [7, 11) is 0. The molecule has 1 amide bonds. The standard InChI is InChI=1S/C25H33N3O2/c1-18(2)25(29)26-12-7-11-24-27-22-9-5-6-10-23(22)28(24)13-8-14-30-21-16-19(3)15-20(4)17-21/h5-6,9-10,15-18H,7-8,11-14H2,1-4H3,(H,26,29). The van der Waals surface area contributed by atoms with Crippen LogP contribution in [-0.2, 0) is 17.8 Å². The van der Waals surface area contributed by atoms with Gasteiger partial charge in [-0.25, -0.2) is 4.98 Å². The lowest BCUT2D eigenvalue weighted by molar-refractivity contribution is -0.123. The predicted octanol–water partition coefficient (Wildman–Crippen LogP) is 4.83. The summed E-state index contributed by atoms with van der Waals surface area (Å²) >= 11 is 0. The summed E-state index contributed by atoms with van der Waals surface area (Å²) in [6.45, 7) is 10.2. The lowest BCUT2D eigenvalue weighted by Crippen LogP contribution is -2.28. The third-order valence-electron chi connectivity index (χ3n) is 5.12. The number of hydrogen-bond donors (Lipinski definition) is 1. The van der Waals surface area contributed by atoms with Gasteiger partial charge in [-0.2, -0.15) is 0 Å². The van der Waals surface area contributed by atoms with Crippen LogP contribution < -0.4 is 10.1 Å². The number of para-hydroxylation sites is 2. The monoisotopic (exact) mass is 407 g/mol. The Kier molecular flexibility index (Phi) is 7.50. The molecule has 5 nitrogen and oxygen atoms in total. The second kappa shape index (κ2) is 10.3. The highest BCUT2D eigenvalue weighted by Gasteiger charge is 2.11. The van der Waals surface area contributed by atoms with E-state index < -0.39 is 0 Å². The van der Waals surface area contributed by atoms with Gasteiger partial charge in [-0.15, -0.1) is 0 Å². The summed E-state index contributed by atoms with van der Waals surface area (Å²) in [6.07, 6.45) is 2.62. The average Bonchev–Trinajstić information content (AvgIpc) is 3.05. The van der Waals surface area contributed by atoms with Crippen LogP contribution in [0.1, 0.15) is 43.6 Å². The van der Waals surface area contributed by atoms with Gasteiger partial charge < -0.3 is 14.6 Å². The number of nitrogens with one attached hydrogen (secondary N) is 1. The SMILES string of the molecule is Cc1cc(C)cc(OCCCn2c(CCCNC(=O)C(C)C)nc3ccccc32)c1. The molecule has 5 heteroatoms. The van der Waals surface area contributed by atoms with Gasteiger partial charge in [0.15, 0.2) is 0 Å². The maximum atomic E-state index is 11.7. The zero-order valence-electron chi connectivity index (χ0n) is 18.6. The van der Waals surface area contributed by atoms with E-state index in [-0.39, 0.29) is 11.8 Å². The molecule has 1 N–H and O–H groups in total. The number of carbonyl (C=O) groups is 1. The molecule has 1 aromatic heterocycles. The maximum Gasteiger partial charge on any atom is 0.222 e. The molecule has 0 aliphatic carbocycles. The fraction of sp³-hybridized carbons (Fsp3) is 0.440. The van der Waals surface area contributed by atoms with Crippen molar-refractivity contribution in [1.29, 1.82) is 0 Å². The molecular formula is C25H33N3O2. The molecule has 0 unspecified atom stereocenters. The number of benzene rings is 2. The van der Waals surface area contributed by atoms with Gasteiger partial charge in [0.2, 0.25) is 5.91 Å². The molecule has 0 radical (unpaired) electrons. The third kappa shape index (κ3) is 5.85. The van der Waals surface area contributed by atoms with Crippen LogP contribution in [0.25, 0.3) is 11.0 Å². The molecule has 0 saturated carbocycles. The van der Waals surface area contributed by atoms with E-state index in [4.69, 9.17) is 9.72 Å². The minimum Gasteiger partial charge on any atom is -0.494 e. The number of rotatable bonds is 10. The van der Waals surface area contributed by atoms with Gasteiger partial charge in [0.1, 0.15) is 11.6 Å². The van der Waals surface area contributed by atoms with E-state index in [2.05, 4.69) is 60.1 Å². The van der Waals surface area contributed by atoms with Crippen molar-refractivity contribution in [3.05, 3.63) is 59.4 Å². The van der Waals surface area contributed by atoms with Crippen LogP contribution in [0.2, 0.25) is 0 Å². The lowest BCUT2D eigenvalue weighted by atomic mass is 10.1. The normalized spacial score (nSPS) is 11.2. The Morgan fingerprint density at radius 2 is 1.83 bits per heavy atom. The zero-order valence-corrected chi connectivity index (χ0v) is 18.6. The molecular weight excluding hydrogens is 374 g/mol. The number of hydrogen-bond acceptors (Lipinski definition) is 3. The first-order chi connectivity index (χ1) is 14.4. The Bertz CT molecular complexity index is 971. The summed E-state index contributed by atoms with van der Waals surface area (Å²) in [5, 5.41) is 2.99. The van der Waals surface area contributed by atoms with Crippen molar-refractivity contribution in [3.63, 3.8) is 0 Å². The van der Waals surface area contributed by atoms with Gasteiger partial charge in [-0.05, 0) is 62.1 Å². The number of aryl methyl sites for hydroxylation is 4. The smallest absolute Gasteiger partial charge is 0.222 e. The molecule has 0 saturated heterocycles. The second-order valence-electron chi connectivity index (χ2n) is 8.24. The number of imidazole rings is 1. The molecule has 0 atom stereocenters. The third-order valence-corrected chi connectivity index (χ3v) is 5.12. The Labute approximate surface area is 179 Å². The Morgan fingerprint density at radius 1 is 1.10 bits per heavy atom. The van der Waals surface area contributed by atoms with Crippen molar-refractivity contribution in [2.75, 3.05) is 13.2 Å². The number of ether oxygens (including phenoxy) is 1. The van der Waals surface area contributed by atoms with Crippen LogP contribution in [0, 0.1) is 19.8 Å². The van der Waals surface area contributed by atoms with Gasteiger partial charge in [0.25, 0.3) is 0 Å². The first-order valence-corrected chi connectivity index (χ1v) is 10.9. The highest BCUT2D eigenvalue weighted by molar-refractivity contribution is 5.77. The topological polar surface area (TPSA) is 56.1 Å². The Morgan fingerprint density at radius 3 is 2.57 bits per heavy atom. The van der Waals surface area contributed by atoms with Crippen LogP contribution in [0.3, 0.4) is 0 Å². The molecule has 0 fully saturated rings. The zero-order chi connectivity index (χ0) is 21.5. The average molecular weight is 408 g/mol. The quantitative estimate of drug-likeness (QED) is 0.490. The highest BCUT2D eigenvalue weighted by atomic mass is 16.5. The van der Waals surface area contributed by atoms with Crippen molar-refractivity contribution in [3.8, 4) is 5.75 Å². The summed E-state index contributed by atoms with van der Waals surface area (Å²) in [5.74, 6) is 2.13. The van der Waals surface area contributed by atoms with Gasteiger partial charge in [0.05, 0.1) is 17.6 Å². The van der Waals surface area contributed by atoms with E-state index in [0.717, 1.165) is 48.4 Å². The van der Waals surface area contributed by atoms with E-state index in [9.17, 15) is 4.79 Å². The number of carbonyl (C=O) groups excluding carboxylic acids is 1. The molecule has 0 spiro atoms. The van der Waals surface area contributed by atoms with E-state index in [0.29, 0.717) is 13.2 Å². The largest absolute Gasteiger partial charge is 0.494 e. The number of nitrogens with zero attached hydrogens (tertiary/aromatic N) is 2. The number of amides is 1.